The predicted octanol–water partition coefficient (Wildman–Crippen LogP) is 1.63. The average Bonchev–Trinajstić information content (AvgIpc) is 2.82. The molecule has 0 saturated heterocycles. The van der Waals surface area contributed by atoms with E-state index in [0.717, 1.165) is 4.68 Å². The molecule has 2 rings (SSSR count). The second-order valence-corrected chi connectivity index (χ2v) is 3.89. The molecule has 1 aromatic heterocycles. The Balaban J connectivity index is 2.32. The minimum Gasteiger partial charge on any atom is -0.481 e. The fraction of sp³-hybridized carbons (Fsp3) is 0.556. The number of halogens is 3. The maximum atomic E-state index is 12.6. The van der Waals surface area contributed by atoms with Gasteiger partial charge in [-0.3, -0.25) is 9.48 Å². The number of aryl methyl sites for hydroxylation is 1. The molecule has 1 heterocycles. The summed E-state index contributed by atoms with van der Waals surface area (Å²) in [5.74, 6) is -2.31. The molecule has 2 atom stereocenters. The van der Waals surface area contributed by atoms with Crippen LogP contribution < -0.4 is 0 Å². The Labute approximate surface area is 88.7 Å². The predicted molar refractivity (Wildman–Crippen MR) is 46.7 cm³/mol. The van der Waals surface area contributed by atoms with E-state index in [-0.39, 0.29) is 12.0 Å². The maximum absolute atomic E-state index is 12.6. The zero-order chi connectivity index (χ0) is 12.1. The molecule has 16 heavy (non-hydrogen) atoms. The number of hydrogen-bond donors (Lipinski definition) is 1. The van der Waals surface area contributed by atoms with Gasteiger partial charge in [-0.1, -0.05) is 0 Å². The van der Waals surface area contributed by atoms with Gasteiger partial charge in [0.25, 0.3) is 0 Å². The van der Waals surface area contributed by atoms with E-state index in [2.05, 4.69) is 5.10 Å². The van der Waals surface area contributed by atoms with Gasteiger partial charge in [-0.2, -0.15) is 18.3 Å². The van der Waals surface area contributed by atoms with Crippen LogP contribution in [0.2, 0.25) is 0 Å². The molecule has 0 aliphatic heterocycles. The zero-order valence-electron chi connectivity index (χ0n) is 8.32. The van der Waals surface area contributed by atoms with Crippen molar-refractivity contribution in [3.63, 3.8) is 0 Å². The van der Waals surface area contributed by atoms with Gasteiger partial charge < -0.3 is 5.11 Å². The number of hydrogen-bond acceptors (Lipinski definition) is 2. The van der Waals surface area contributed by atoms with E-state index in [1.54, 1.807) is 0 Å². The van der Waals surface area contributed by atoms with Gasteiger partial charge in [0, 0.05) is 24.7 Å². The van der Waals surface area contributed by atoms with Crippen LogP contribution in [0.4, 0.5) is 13.2 Å². The quantitative estimate of drug-likeness (QED) is 0.846. The van der Waals surface area contributed by atoms with Crippen LogP contribution in [0.25, 0.3) is 0 Å². The Morgan fingerprint density at radius 3 is 2.69 bits per heavy atom. The van der Waals surface area contributed by atoms with Crippen LogP contribution in [0.15, 0.2) is 6.20 Å². The Hall–Kier alpha value is -1.53. The molecule has 0 amide bonds. The first-order valence-corrected chi connectivity index (χ1v) is 4.64. The molecule has 0 radical (unpaired) electrons. The lowest BCUT2D eigenvalue weighted by atomic mass is 10.1. The van der Waals surface area contributed by atoms with Crippen molar-refractivity contribution < 1.29 is 23.1 Å². The molecule has 1 N–H and O–H groups in total. The first-order chi connectivity index (χ1) is 7.30. The summed E-state index contributed by atoms with van der Waals surface area (Å²) in [6.07, 6.45) is -3.03. The number of aliphatic carboxylic acids is 1. The second-order valence-electron chi connectivity index (χ2n) is 3.89. The van der Waals surface area contributed by atoms with Crippen LogP contribution >= 0.6 is 0 Å². The first-order valence-electron chi connectivity index (χ1n) is 4.64. The number of carboxylic acids is 1. The summed E-state index contributed by atoms with van der Waals surface area (Å²) in [5.41, 5.74) is -0.980. The number of nitrogens with zero attached hydrogens (tertiary/aromatic N) is 2. The first kappa shape index (κ1) is 11.0. The topological polar surface area (TPSA) is 55.1 Å². The van der Waals surface area contributed by atoms with Gasteiger partial charge in [0.2, 0.25) is 0 Å². The monoisotopic (exact) mass is 234 g/mol. The van der Waals surface area contributed by atoms with Gasteiger partial charge in [0.05, 0.1) is 5.92 Å². The van der Waals surface area contributed by atoms with Gasteiger partial charge in [-0.15, -0.1) is 0 Å². The highest BCUT2D eigenvalue weighted by Crippen LogP contribution is 2.50. The molecule has 7 heteroatoms. The molecule has 4 nitrogen and oxygen atoms in total. The van der Waals surface area contributed by atoms with Crippen LogP contribution in [0.3, 0.4) is 0 Å². The molecule has 0 bridgehead atoms. The van der Waals surface area contributed by atoms with E-state index >= 15 is 0 Å². The van der Waals surface area contributed by atoms with Crippen LogP contribution in [0.1, 0.15) is 23.6 Å². The number of rotatable bonds is 2. The van der Waals surface area contributed by atoms with Crippen LogP contribution in [0.5, 0.6) is 0 Å². The van der Waals surface area contributed by atoms with Crippen LogP contribution in [-0.2, 0) is 18.0 Å². The molecule has 1 saturated carbocycles. The summed E-state index contributed by atoms with van der Waals surface area (Å²) < 4.78 is 38.7. The molecular formula is C9H9F3N2O2. The average molecular weight is 234 g/mol. The summed E-state index contributed by atoms with van der Waals surface area (Å²) in [4.78, 5) is 10.6. The normalized spacial score (nSPS) is 24.5. The lowest BCUT2D eigenvalue weighted by Gasteiger charge is -2.04. The molecule has 1 aromatic rings. The van der Waals surface area contributed by atoms with E-state index in [4.69, 9.17) is 5.11 Å². The van der Waals surface area contributed by atoms with Crippen molar-refractivity contribution in [2.75, 3.05) is 0 Å². The van der Waals surface area contributed by atoms with Crippen molar-refractivity contribution in [3.05, 3.63) is 17.5 Å². The smallest absolute Gasteiger partial charge is 0.435 e. The number of alkyl halides is 3. The number of carboxylic acid groups (broad SMARTS) is 1. The van der Waals surface area contributed by atoms with Crippen LogP contribution in [-0.4, -0.2) is 20.9 Å². The summed E-state index contributed by atoms with van der Waals surface area (Å²) >= 11 is 0. The van der Waals surface area contributed by atoms with Gasteiger partial charge in [-0.25, -0.2) is 0 Å². The summed E-state index contributed by atoms with van der Waals surface area (Å²) in [7, 11) is 1.39. The number of aromatic nitrogens is 2. The molecule has 88 valence electrons. The zero-order valence-corrected chi connectivity index (χ0v) is 8.32. The molecule has 2 unspecified atom stereocenters. The molecule has 1 aliphatic carbocycles. The molecular weight excluding hydrogens is 225 g/mol. The highest BCUT2D eigenvalue weighted by Gasteiger charge is 2.49. The minimum absolute atomic E-state index is 0.0117. The van der Waals surface area contributed by atoms with Crippen molar-refractivity contribution in [1.82, 2.24) is 9.78 Å². The number of carbonyl (C=O) groups is 1. The Morgan fingerprint density at radius 2 is 2.25 bits per heavy atom. The van der Waals surface area contributed by atoms with Gasteiger partial charge >= 0.3 is 12.1 Å². The summed E-state index contributed by atoms with van der Waals surface area (Å²) in [5, 5.41) is 12.0. The third kappa shape index (κ3) is 1.77. The second kappa shape index (κ2) is 3.23. The summed E-state index contributed by atoms with van der Waals surface area (Å²) in [6.45, 7) is 0. The SMILES string of the molecule is Cn1cc(C2CC2C(=O)O)c(C(F)(F)F)n1. The van der Waals surface area contributed by atoms with Gasteiger partial charge in [0.1, 0.15) is 0 Å². The van der Waals surface area contributed by atoms with Crippen LogP contribution in [0, 0.1) is 5.92 Å². The molecule has 0 aromatic carbocycles. The lowest BCUT2D eigenvalue weighted by Crippen LogP contribution is -2.10. The fourth-order valence-corrected chi connectivity index (χ4v) is 1.81. The van der Waals surface area contributed by atoms with Gasteiger partial charge in [0.15, 0.2) is 5.69 Å². The van der Waals surface area contributed by atoms with E-state index in [1.165, 1.54) is 13.2 Å². The lowest BCUT2D eigenvalue weighted by molar-refractivity contribution is -0.143. The Kier molecular flexibility index (Phi) is 2.21. The molecule has 0 spiro atoms. The third-order valence-electron chi connectivity index (χ3n) is 2.63. The van der Waals surface area contributed by atoms with E-state index in [1.807, 2.05) is 0 Å². The standard InChI is InChI=1S/C9H9F3N2O2/c1-14-3-6(4-2-5(4)8(15)16)7(13-14)9(10,11)12/h3-5H,2H2,1H3,(H,15,16). The van der Waals surface area contributed by atoms with E-state index < -0.39 is 29.7 Å². The molecule has 1 aliphatic rings. The van der Waals surface area contributed by atoms with Crippen molar-refractivity contribution in [2.45, 2.75) is 18.5 Å². The Morgan fingerprint density at radius 1 is 1.62 bits per heavy atom. The maximum Gasteiger partial charge on any atom is 0.435 e. The fourth-order valence-electron chi connectivity index (χ4n) is 1.81. The van der Waals surface area contributed by atoms with Crippen molar-refractivity contribution in [1.29, 1.82) is 0 Å². The summed E-state index contributed by atoms with van der Waals surface area (Å²) in [6, 6.07) is 0. The highest BCUT2D eigenvalue weighted by molar-refractivity contribution is 5.75. The molecule has 1 fully saturated rings. The van der Waals surface area contributed by atoms with Crippen molar-refractivity contribution in [2.24, 2.45) is 13.0 Å². The minimum atomic E-state index is -4.53. The van der Waals surface area contributed by atoms with Gasteiger partial charge in [-0.05, 0) is 6.42 Å². The highest BCUT2D eigenvalue weighted by atomic mass is 19.4. The van der Waals surface area contributed by atoms with E-state index in [9.17, 15) is 18.0 Å². The van der Waals surface area contributed by atoms with E-state index in [0.29, 0.717) is 0 Å². The van der Waals surface area contributed by atoms with Crippen molar-refractivity contribution in [3.8, 4) is 0 Å². The third-order valence-corrected chi connectivity index (χ3v) is 2.63. The Bertz CT molecular complexity index is 438. The largest absolute Gasteiger partial charge is 0.481 e. The van der Waals surface area contributed by atoms with Crippen molar-refractivity contribution >= 4 is 5.97 Å².